The first-order chi connectivity index (χ1) is 14.1. The Morgan fingerprint density at radius 1 is 0.966 bits per heavy atom. The molecule has 3 aromatic carbocycles. The van der Waals surface area contributed by atoms with Crippen molar-refractivity contribution in [3.8, 4) is 0 Å². The number of hydrogen-bond acceptors (Lipinski definition) is 2. The summed E-state index contributed by atoms with van der Waals surface area (Å²) in [4.78, 5) is 15.6. The maximum atomic E-state index is 13.5. The van der Waals surface area contributed by atoms with Gasteiger partial charge in [0.15, 0.2) is 0 Å². The van der Waals surface area contributed by atoms with Crippen molar-refractivity contribution in [3.63, 3.8) is 0 Å². The fourth-order valence-corrected chi connectivity index (χ4v) is 4.62. The lowest BCUT2D eigenvalue weighted by Gasteiger charge is -2.45. The Balaban J connectivity index is 1.76. The molecule has 3 atom stereocenters. The molecular weight excluding hydrogens is 424 g/mol. The van der Waals surface area contributed by atoms with Gasteiger partial charge in [0.2, 0.25) is 0 Å². The summed E-state index contributed by atoms with van der Waals surface area (Å²) in [7, 11) is 0. The quantitative estimate of drug-likeness (QED) is 0.482. The Labute approximate surface area is 180 Å². The molecule has 3 nitrogen and oxygen atoms in total. The number of fused-ring (bicyclic) bond motifs is 1. The third kappa shape index (κ3) is 3.82. The van der Waals surface area contributed by atoms with Crippen molar-refractivity contribution < 1.29 is 4.79 Å². The van der Waals surface area contributed by atoms with Crippen LogP contribution >= 0.6 is 15.9 Å². The van der Waals surface area contributed by atoms with E-state index in [0.717, 1.165) is 22.3 Å². The summed E-state index contributed by atoms with van der Waals surface area (Å²) in [6.07, 6.45) is 0.894. The number of carbonyl (C=O) groups is 1. The number of para-hydroxylation sites is 2. The van der Waals surface area contributed by atoms with Crippen molar-refractivity contribution in [2.24, 2.45) is 5.92 Å². The smallest absolute Gasteiger partial charge is 0.258 e. The number of carbonyl (C=O) groups excluding carboxylic acids is 1. The molecule has 1 aliphatic rings. The fraction of sp³-hybridized carbons (Fsp3) is 0.240. The highest BCUT2D eigenvalue weighted by Gasteiger charge is 2.40. The number of rotatable bonds is 4. The zero-order chi connectivity index (χ0) is 20.4. The van der Waals surface area contributed by atoms with E-state index in [1.54, 1.807) is 0 Å². The Morgan fingerprint density at radius 3 is 2.31 bits per heavy atom. The molecule has 4 rings (SSSR count). The average molecular weight is 449 g/mol. The van der Waals surface area contributed by atoms with Gasteiger partial charge in [-0.2, -0.15) is 0 Å². The molecule has 0 saturated heterocycles. The summed E-state index contributed by atoms with van der Waals surface area (Å²) in [6.45, 7) is 4.41. The zero-order valence-electron chi connectivity index (χ0n) is 16.7. The minimum Gasteiger partial charge on any atom is -0.378 e. The summed E-state index contributed by atoms with van der Waals surface area (Å²) in [5.41, 5.74) is 3.97. The van der Waals surface area contributed by atoms with Gasteiger partial charge >= 0.3 is 0 Å². The van der Waals surface area contributed by atoms with Crippen LogP contribution in [0.3, 0.4) is 0 Å². The molecule has 4 heteroatoms. The van der Waals surface area contributed by atoms with Crippen LogP contribution in [0.25, 0.3) is 0 Å². The van der Waals surface area contributed by atoms with E-state index >= 15 is 0 Å². The Kier molecular flexibility index (Phi) is 5.72. The molecule has 1 heterocycles. The van der Waals surface area contributed by atoms with Gasteiger partial charge in [0.1, 0.15) is 0 Å². The number of anilines is 2. The van der Waals surface area contributed by atoms with Crippen molar-refractivity contribution in [2.75, 3.05) is 10.2 Å². The Bertz CT molecular complexity index is 987. The minimum atomic E-state index is 0.0572. The second-order valence-electron chi connectivity index (χ2n) is 7.56. The molecule has 0 aromatic heterocycles. The van der Waals surface area contributed by atoms with Crippen molar-refractivity contribution in [3.05, 3.63) is 94.5 Å². The highest BCUT2D eigenvalue weighted by Crippen LogP contribution is 2.43. The van der Waals surface area contributed by atoms with E-state index in [2.05, 4.69) is 65.4 Å². The molecule has 0 bridgehead atoms. The van der Waals surface area contributed by atoms with Crippen LogP contribution in [-0.2, 0) is 0 Å². The van der Waals surface area contributed by atoms with Gasteiger partial charge in [-0.1, -0.05) is 66.2 Å². The van der Waals surface area contributed by atoms with Crippen LogP contribution in [0.1, 0.15) is 42.2 Å². The van der Waals surface area contributed by atoms with Gasteiger partial charge in [0.25, 0.3) is 5.91 Å². The summed E-state index contributed by atoms with van der Waals surface area (Å²) in [5.74, 6) is 0.316. The Morgan fingerprint density at radius 2 is 1.62 bits per heavy atom. The summed E-state index contributed by atoms with van der Waals surface area (Å²) < 4.78 is 0.973. The van der Waals surface area contributed by atoms with Gasteiger partial charge in [0.05, 0.1) is 6.04 Å². The molecule has 29 heavy (non-hydrogen) atoms. The van der Waals surface area contributed by atoms with E-state index in [4.69, 9.17) is 0 Å². The van der Waals surface area contributed by atoms with Gasteiger partial charge in [-0.15, -0.1) is 0 Å². The normalized spacial score (nSPS) is 20.8. The lowest BCUT2D eigenvalue weighted by molar-refractivity contribution is 0.0960. The van der Waals surface area contributed by atoms with E-state index in [9.17, 15) is 4.79 Å². The van der Waals surface area contributed by atoms with E-state index in [1.807, 2.05) is 53.4 Å². The fourth-order valence-electron chi connectivity index (χ4n) is 4.36. The molecule has 3 aromatic rings. The summed E-state index contributed by atoms with van der Waals surface area (Å²) >= 11 is 3.46. The van der Waals surface area contributed by atoms with Crippen LogP contribution < -0.4 is 10.2 Å². The third-order valence-electron chi connectivity index (χ3n) is 5.82. The van der Waals surface area contributed by atoms with Crippen molar-refractivity contribution in [2.45, 2.75) is 32.4 Å². The van der Waals surface area contributed by atoms with Crippen molar-refractivity contribution in [1.82, 2.24) is 0 Å². The monoisotopic (exact) mass is 448 g/mol. The van der Waals surface area contributed by atoms with E-state index in [0.29, 0.717) is 5.56 Å². The average Bonchev–Trinajstić information content (AvgIpc) is 2.76. The van der Waals surface area contributed by atoms with Gasteiger partial charge < -0.3 is 10.2 Å². The van der Waals surface area contributed by atoms with Gasteiger partial charge in [-0.05, 0) is 54.4 Å². The molecule has 0 fully saturated rings. The number of benzene rings is 3. The van der Waals surface area contributed by atoms with E-state index in [1.165, 1.54) is 5.56 Å². The number of nitrogens with zero attached hydrogens (tertiary/aromatic N) is 1. The van der Waals surface area contributed by atoms with Gasteiger partial charge in [-0.3, -0.25) is 4.79 Å². The van der Waals surface area contributed by atoms with Crippen LogP contribution in [0.5, 0.6) is 0 Å². The first-order valence-corrected chi connectivity index (χ1v) is 10.9. The van der Waals surface area contributed by atoms with Crippen LogP contribution in [0, 0.1) is 5.92 Å². The second-order valence-corrected chi connectivity index (χ2v) is 8.48. The minimum absolute atomic E-state index is 0.0572. The highest BCUT2D eigenvalue weighted by atomic mass is 79.9. The van der Waals surface area contributed by atoms with Gasteiger partial charge in [0, 0.05) is 33.4 Å². The molecule has 148 valence electrons. The first-order valence-electron chi connectivity index (χ1n) is 10.1. The Hall–Kier alpha value is -2.59. The molecule has 1 aliphatic heterocycles. The number of hydrogen-bond donors (Lipinski definition) is 1. The number of amides is 1. The van der Waals surface area contributed by atoms with Crippen LogP contribution in [-0.4, -0.2) is 11.9 Å². The maximum absolute atomic E-state index is 13.5. The summed E-state index contributed by atoms with van der Waals surface area (Å²) in [5, 5.41) is 3.71. The number of nitrogens with one attached hydrogen (secondary N) is 1. The van der Waals surface area contributed by atoms with Gasteiger partial charge in [-0.25, -0.2) is 0 Å². The highest BCUT2D eigenvalue weighted by molar-refractivity contribution is 9.10. The van der Waals surface area contributed by atoms with Crippen LogP contribution in [0.4, 0.5) is 11.4 Å². The van der Waals surface area contributed by atoms with E-state index < -0.39 is 0 Å². The second kappa shape index (κ2) is 8.42. The van der Waals surface area contributed by atoms with Crippen LogP contribution in [0.15, 0.2) is 83.3 Å². The molecule has 0 unspecified atom stereocenters. The summed E-state index contributed by atoms with van der Waals surface area (Å²) in [6, 6.07) is 26.5. The third-order valence-corrected chi connectivity index (χ3v) is 6.35. The molecule has 1 amide bonds. The lowest BCUT2D eigenvalue weighted by atomic mass is 9.80. The molecule has 1 N–H and O–H groups in total. The predicted molar refractivity (Wildman–Crippen MR) is 123 cm³/mol. The molecule has 0 spiro atoms. The number of halogens is 1. The van der Waals surface area contributed by atoms with Crippen molar-refractivity contribution >= 4 is 33.2 Å². The zero-order valence-corrected chi connectivity index (χ0v) is 18.3. The largest absolute Gasteiger partial charge is 0.378 e. The van der Waals surface area contributed by atoms with E-state index in [-0.39, 0.29) is 23.9 Å². The molecule has 0 radical (unpaired) electrons. The van der Waals surface area contributed by atoms with Crippen LogP contribution in [0.2, 0.25) is 0 Å². The SMILES string of the molecule is CC[C@H]1[C@H](C)[C@@H](Nc2ccccc2)c2ccccc2N1C(=O)c1ccc(Br)cc1. The predicted octanol–water partition coefficient (Wildman–Crippen LogP) is 6.68. The maximum Gasteiger partial charge on any atom is 0.258 e. The molecule has 0 aliphatic carbocycles. The molecule has 0 saturated carbocycles. The lowest BCUT2D eigenvalue weighted by Crippen LogP contribution is -2.50. The standard InChI is InChI=1S/C25H25BrN2O/c1-3-22-17(2)24(27-20-9-5-4-6-10-20)21-11-7-8-12-23(21)28(22)25(29)18-13-15-19(26)16-14-18/h4-17,22,24,27H,3H2,1-2H3/t17-,22-,24+/m0/s1. The van der Waals surface area contributed by atoms with Crippen molar-refractivity contribution in [1.29, 1.82) is 0 Å². The first kappa shape index (κ1) is 19.7. The topological polar surface area (TPSA) is 32.3 Å². The molecular formula is C25H25BrN2O.